The first kappa shape index (κ1) is 18.4. The van der Waals surface area contributed by atoms with Gasteiger partial charge >= 0.3 is 5.69 Å². The normalized spacial score (nSPS) is 19.5. The maximum Gasteiger partial charge on any atom is 0.329 e. The molecule has 0 spiro atoms. The van der Waals surface area contributed by atoms with Crippen molar-refractivity contribution in [1.29, 1.82) is 0 Å². The van der Waals surface area contributed by atoms with Crippen LogP contribution in [0.1, 0.15) is 44.3 Å². The van der Waals surface area contributed by atoms with Crippen molar-refractivity contribution in [3.63, 3.8) is 0 Å². The third-order valence-corrected chi connectivity index (χ3v) is 6.88. The maximum atomic E-state index is 13.8. The van der Waals surface area contributed by atoms with E-state index in [1.807, 2.05) is 47.3 Å². The number of aromatic amines is 1. The van der Waals surface area contributed by atoms with Gasteiger partial charge in [-0.05, 0) is 37.0 Å². The summed E-state index contributed by atoms with van der Waals surface area (Å²) in [7, 11) is 0. The number of H-pyrrole nitrogens is 1. The van der Waals surface area contributed by atoms with Gasteiger partial charge in [-0.1, -0.05) is 44.0 Å². The smallest absolute Gasteiger partial charge is 0.329 e. The van der Waals surface area contributed by atoms with Crippen LogP contribution in [-0.4, -0.2) is 24.1 Å². The minimum atomic E-state index is 0.0409. The Kier molecular flexibility index (Phi) is 4.19. The number of benzene rings is 1. The van der Waals surface area contributed by atoms with Gasteiger partial charge in [-0.15, -0.1) is 0 Å². The van der Waals surface area contributed by atoms with Crippen LogP contribution in [0.15, 0.2) is 59.7 Å². The molecule has 2 atom stereocenters. The Morgan fingerprint density at radius 2 is 1.97 bits per heavy atom. The second-order valence-corrected chi connectivity index (χ2v) is 8.80. The third-order valence-electron chi connectivity index (χ3n) is 6.88. The molecular formula is C25H25N5O. The van der Waals surface area contributed by atoms with E-state index in [4.69, 9.17) is 4.98 Å². The Labute approximate surface area is 179 Å². The Morgan fingerprint density at radius 1 is 1.10 bits per heavy atom. The lowest BCUT2D eigenvalue weighted by Gasteiger charge is -2.29. The summed E-state index contributed by atoms with van der Waals surface area (Å²) < 4.78 is 3.91. The van der Waals surface area contributed by atoms with Crippen LogP contribution in [0.2, 0.25) is 0 Å². The molecule has 6 nitrogen and oxygen atoms in total. The summed E-state index contributed by atoms with van der Waals surface area (Å²) >= 11 is 0. The molecule has 1 saturated carbocycles. The molecule has 1 fully saturated rings. The molecule has 1 aliphatic rings. The Morgan fingerprint density at radius 3 is 2.87 bits per heavy atom. The SMILES string of the molecule is C[C@@H]1CCCC[C@@H]1n1c(=O)n(Cc2ccc3ccccc3n2)c2cnc3[nH]ccc3c21. The molecule has 1 aromatic carbocycles. The van der Waals surface area contributed by atoms with E-state index in [-0.39, 0.29) is 11.7 Å². The summed E-state index contributed by atoms with van der Waals surface area (Å²) in [6.07, 6.45) is 8.36. The van der Waals surface area contributed by atoms with E-state index in [1.165, 1.54) is 12.8 Å². The number of nitrogens with zero attached hydrogens (tertiary/aromatic N) is 4. The average Bonchev–Trinajstić information content (AvgIpc) is 3.37. The van der Waals surface area contributed by atoms with Gasteiger partial charge in [0.15, 0.2) is 0 Å². The van der Waals surface area contributed by atoms with E-state index in [1.54, 1.807) is 0 Å². The number of aromatic nitrogens is 5. The van der Waals surface area contributed by atoms with E-state index in [0.717, 1.165) is 51.5 Å². The van der Waals surface area contributed by atoms with Crippen LogP contribution in [0, 0.1) is 5.92 Å². The Balaban J connectivity index is 1.57. The first-order chi connectivity index (χ1) is 15.2. The molecule has 156 valence electrons. The molecular weight excluding hydrogens is 386 g/mol. The first-order valence-electron chi connectivity index (χ1n) is 11.1. The van der Waals surface area contributed by atoms with Crippen molar-refractivity contribution in [2.24, 2.45) is 5.92 Å². The second kappa shape index (κ2) is 7.08. The largest absolute Gasteiger partial charge is 0.346 e. The highest BCUT2D eigenvalue weighted by Gasteiger charge is 2.28. The number of para-hydroxylation sites is 1. The predicted octanol–water partition coefficient (Wildman–Crippen LogP) is 5.03. The zero-order valence-electron chi connectivity index (χ0n) is 17.6. The fourth-order valence-corrected chi connectivity index (χ4v) is 5.26. The van der Waals surface area contributed by atoms with Gasteiger partial charge in [0, 0.05) is 23.0 Å². The van der Waals surface area contributed by atoms with Gasteiger partial charge < -0.3 is 4.98 Å². The van der Waals surface area contributed by atoms with Crippen molar-refractivity contribution in [3.8, 4) is 0 Å². The number of hydrogen-bond donors (Lipinski definition) is 1. The minimum Gasteiger partial charge on any atom is -0.346 e. The standard InChI is InChI=1S/C25H25N5O/c1-16-6-2-5-9-21(16)30-23-19-12-13-26-24(19)27-14-22(23)29(25(30)31)15-18-11-10-17-7-3-4-8-20(17)28-18/h3-4,7-8,10-14,16,21H,2,5-6,9,15H2,1H3,(H,26,27)/t16-,21+/m1/s1. The van der Waals surface area contributed by atoms with Gasteiger partial charge in [0.1, 0.15) is 5.65 Å². The summed E-state index contributed by atoms with van der Waals surface area (Å²) in [6.45, 7) is 2.71. The van der Waals surface area contributed by atoms with Gasteiger partial charge in [-0.25, -0.2) is 9.78 Å². The summed E-state index contributed by atoms with van der Waals surface area (Å²) in [6, 6.07) is 14.4. The molecule has 0 saturated heterocycles. The maximum absolute atomic E-state index is 13.8. The fourth-order valence-electron chi connectivity index (χ4n) is 5.26. The molecule has 4 aromatic heterocycles. The summed E-state index contributed by atoms with van der Waals surface area (Å²) in [4.78, 5) is 26.4. The lowest BCUT2D eigenvalue weighted by molar-refractivity contribution is 0.256. The predicted molar refractivity (Wildman–Crippen MR) is 123 cm³/mol. The molecule has 0 unspecified atom stereocenters. The highest BCUT2D eigenvalue weighted by molar-refractivity contribution is 6.01. The molecule has 0 bridgehead atoms. The first-order valence-corrected chi connectivity index (χ1v) is 11.1. The zero-order valence-corrected chi connectivity index (χ0v) is 17.6. The van der Waals surface area contributed by atoms with Crippen molar-refractivity contribution in [2.45, 2.75) is 45.2 Å². The van der Waals surface area contributed by atoms with Crippen molar-refractivity contribution in [2.75, 3.05) is 0 Å². The molecule has 1 N–H and O–H groups in total. The Hall–Kier alpha value is -3.41. The van der Waals surface area contributed by atoms with Crippen LogP contribution >= 0.6 is 0 Å². The van der Waals surface area contributed by atoms with Gasteiger partial charge in [-0.3, -0.25) is 14.1 Å². The molecule has 6 heteroatoms. The quantitative estimate of drug-likeness (QED) is 0.453. The van der Waals surface area contributed by atoms with Crippen LogP contribution in [0.3, 0.4) is 0 Å². The molecule has 6 rings (SSSR count). The number of pyridine rings is 2. The summed E-state index contributed by atoms with van der Waals surface area (Å²) in [5.74, 6) is 0.478. The fraction of sp³-hybridized carbons (Fsp3) is 0.320. The van der Waals surface area contributed by atoms with Crippen LogP contribution in [0.5, 0.6) is 0 Å². The van der Waals surface area contributed by atoms with Crippen molar-refractivity contribution in [1.82, 2.24) is 24.1 Å². The number of hydrogen-bond acceptors (Lipinski definition) is 3. The molecule has 31 heavy (non-hydrogen) atoms. The molecule has 5 aromatic rings. The summed E-state index contributed by atoms with van der Waals surface area (Å²) in [5, 5.41) is 2.12. The molecule has 0 radical (unpaired) electrons. The number of rotatable bonds is 3. The van der Waals surface area contributed by atoms with Crippen molar-refractivity contribution in [3.05, 3.63) is 71.0 Å². The van der Waals surface area contributed by atoms with Crippen LogP contribution in [0.4, 0.5) is 0 Å². The van der Waals surface area contributed by atoms with Gasteiger partial charge in [0.05, 0.1) is 35.0 Å². The number of imidazole rings is 1. The van der Waals surface area contributed by atoms with Crippen LogP contribution < -0.4 is 5.69 Å². The van der Waals surface area contributed by atoms with E-state index in [0.29, 0.717) is 12.5 Å². The molecule has 0 amide bonds. The van der Waals surface area contributed by atoms with Crippen molar-refractivity contribution >= 4 is 33.0 Å². The van der Waals surface area contributed by atoms with Gasteiger partial charge in [0.25, 0.3) is 0 Å². The number of nitrogens with one attached hydrogen (secondary N) is 1. The third kappa shape index (κ3) is 2.89. The van der Waals surface area contributed by atoms with Crippen LogP contribution in [-0.2, 0) is 6.54 Å². The lowest BCUT2D eigenvalue weighted by Crippen LogP contribution is -2.32. The van der Waals surface area contributed by atoms with Gasteiger partial charge in [-0.2, -0.15) is 0 Å². The average molecular weight is 412 g/mol. The second-order valence-electron chi connectivity index (χ2n) is 8.80. The minimum absolute atomic E-state index is 0.0409. The number of fused-ring (bicyclic) bond motifs is 4. The van der Waals surface area contributed by atoms with Crippen molar-refractivity contribution < 1.29 is 0 Å². The van der Waals surface area contributed by atoms with Gasteiger partial charge in [0.2, 0.25) is 0 Å². The highest BCUT2D eigenvalue weighted by Crippen LogP contribution is 2.36. The van der Waals surface area contributed by atoms with E-state index in [9.17, 15) is 4.79 Å². The van der Waals surface area contributed by atoms with E-state index in [2.05, 4.69) is 33.6 Å². The topological polar surface area (TPSA) is 68.5 Å². The lowest BCUT2D eigenvalue weighted by atomic mass is 9.85. The van der Waals surface area contributed by atoms with E-state index >= 15 is 0 Å². The van der Waals surface area contributed by atoms with Crippen LogP contribution in [0.25, 0.3) is 33.0 Å². The molecule has 1 aliphatic carbocycles. The summed E-state index contributed by atoms with van der Waals surface area (Å²) in [5.41, 5.74) is 4.57. The zero-order chi connectivity index (χ0) is 20.9. The highest BCUT2D eigenvalue weighted by atomic mass is 16.1. The van der Waals surface area contributed by atoms with E-state index < -0.39 is 0 Å². The monoisotopic (exact) mass is 411 g/mol. The molecule has 0 aliphatic heterocycles. The molecule has 4 heterocycles. The Bertz CT molecular complexity index is 1470.